The summed E-state index contributed by atoms with van der Waals surface area (Å²) in [7, 11) is 0. The minimum Gasteiger partial charge on any atom is -0.508 e. The fourth-order valence-electron chi connectivity index (χ4n) is 3.16. The van der Waals surface area contributed by atoms with Crippen molar-refractivity contribution >= 4 is 17.9 Å². The minimum absolute atomic E-state index is 0.0311. The number of carbonyl (C=O) groups excluding carboxylic acids is 2. The summed E-state index contributed by atoms with van der Waals surface area (Å²) in [6.07, 6.45) is 5.15. The SMILES string of the molecule is C=CCc1c(O)ccc2c1C(CCNC(=O)CCC)C(C=O)N2. The lowest BCUT2D eigenvalue weighted by atomic mass is 9.87. The third-order valence-corrected chi connectivity index (χ3v) is 4.21. The average molecular weight is 316 g/mol. The number of rotatable bonds is 8. The van der Waals surface area contributed by atoms with Gasteiger partial charge >= 0.3 is 0 Å². The molecule has 0 aliphatic carbocycles. The predicted octanol–water partition coefficient (Wildman–Crippen LogP) is 2.50. The van der Waals surface area contributed by atoms with Gasteiger partial charge in [0.05, 0.1) is 6.04 Å². The first-order valence-corrected chi connectivity index (χ1v) is 8.06. The predicted molar refractivity (Wildman–Crippen MR) is 90.8 cm³/mol. The number of allylic oxidation sites excluding steroid dienone is 1. The number of fused-ring (bicyclic) bond motifs is 1. The molecule has 1 heterocycles. The fourth-order valence-corrected chi connectivity index (χ4v) is 3.16. The Morgan fingerprint density at radius 2 is 2.26 bits per heavy atom. The number of anilines is 1. The maximum atomic E-state index is 11.6. The molecular weight excluding hydrogens is 292 g/mol. The molecule has 1 aliphatic rings. The normalized spacial score (nSPS) is 18.8. The third-order valence-electron chi connectivity index (χ3n) is 4.21. The maximum Gasteiger partial charge on any atom is 0.219 e. The van der Waals surface area contributed by atoms with Gasteiger partial charge in [0.2, 0.25) is 5.91 Å². The van der Waals surface area contributed by atoms with Crippen LogP contribution in [0.1, 0.15) is 43.2 Å². The van der Waals surface area contributed by atoms with E-state index in [2.05, 4.69) is 17.2 Å². The molecule has 2 atom stereocenters. The van der Waals surface area contributed by atoms with E-state index in [4.69, 9.17) is 0 Å². The Kier molecular flexibility index (Phi) is 5.79. The number of hydrogen-bond donors (Lipinski definition) is 3. The van der Waals surface area contributed by atoms with Gasteiger partial charge in [-0.25, -0.2) is 0 Å². The smallest absolute Gasteiger partial charge is 0.219 e. The molecule has 124 valence electrons. The fraction of sp³-hybridized carbons (Fsp3) is 0.444. The van der Waals surface area contributed by atoms with Crippen LogP contribution in [0.5, 0.6) is 5.75 Å². The Morgan fingerprint density at radius 1 is 1.48 bits per heavy atom. The molecule has 0 radical (unpaired) electrons. The second-order valence-corrected chi connectivity index (χ2v) is 5.82. The third kappa shape index (κ3) is 3.73. The van der Waals surface area contributed by atoms with Gasteiger partial charge in [0, 0.05) is 30.1 Å². The van der Waals surface area contributed by atoms with Gasteiger partial charge in [0.25, 0.3) is 0 Å². The molecule has 5 nitrogen and oxygen atoms in total. The molecule has 1 aliphatic heterocycles. The number of aldehydes is 1. The largest absolute Gasteiger partial charge is 0.508 e. The van der Waals surface area contributed by atoms with E-state index in [1.807, 2.05) is 6.92 Å². The Bertz CT molecular complexity index is 598. The summed E-state index contributed by atoms with van der Waals surface area (Å²) < 4.78 is 0. The van der Waals surface area contributed by atoms with E-state index in [-0.39, 0.29) is 23.6 Å². The highest BCUT2D eigenvalue weighted by Crippen LogP contribution is 2.43. The Balaban J connectivity index is 2.19. The molecule has 0 spiro atoms. The van der Waals surface area contributed by atoms with Crippen molar-refractivity contribution in [3.8, 4) is 5.75 Å². The number of phenolic OH excluding ortho intramolecular Hbond substituents is 1. The second kappa shape index (κ2) is 7.81. The molecule has 2 rings (SSSR count). The summed E-state index contributed by atoms with van der Waals surface area (Å²) in [5.74, 6) is 0.187. The standard InChI is InChI=1S/C18H24N2O3/c1-3-5-13-16(22)8-7-14-18(13)12(15(11-21)20-14)9-10-19-17(23)6-4-2/h3,7-8,11-12,15,20,22H,1,4-6,9-10H2,2H3,(H,19,23). The lowest BCUT2D eigenvalue weighted by molar-refractivity contribution is -0.121. The quantitative estimate of drug-likeness (QED) is 0.391. The summed E-state index contributed by atoms with van der Waals surface area (Å²) in [6, 6.07) is 3.10. The van der Waals surface area contributed by atoms with Crippen molar-refractivity contribution in [2.45, 2.75) is 44.6 Å². The second-order valence-electron chi connectivity index (χ2n) is 5.82. The van der Waals surface area contributed by atoms with Gasteiger partial charge in [-0.05, 0) is 37.0 Å². The van der Waals surface area contributed by atoms with E-state index < -0.39 is 0 Å². The molecule has 0 saturated heterocycles. The van der Waals surface area contributed by atoms with Crippen molar-refractivity contribution in [2.75, 3.05) is 11.9 Å². The van der Waals surface area contributed by atoms with Crippen molar-refractivity contribution in [2.24, 2.45) is 0 Å². The zero-order valence-electron chi connectivity index (χ0n) is 13.5. The van der Waals surface area contributed by atoms with Crippen LogP contribution in [0.4, 0.5) is 5.69 Å². The zero-order valence-corrected chi connectivity index (χ0v) is 13.5. The van der Waals surface area contributed by atoms with E-state index in [1.165, 1.54) is 0 Å². The molecule has 0 bridgehead atoms. The van der Waals surface area contributed by atoms with E-state index in [1.54, 1.807) is 18.2 Å². The zero-order chi connectivity index (χ0) is 16.8. The summed E-state index contributed by atoms with van der Waals surface area (Å²) in [6.45, 7) is 6.21. The lowest BCUT2D eigenvalue weighted by Gasteiger charge is -2.18. The number of carbonyl (C=O) groups is 2. The van der Waals surface area contributed by atoms with Gasteiger partial charge in [-0.1, -0.05) is 13.0 Å². The molecule has 0 aromatic heterocycles. The highest BCUT2D eigenvalue weighted by molar-refractivity contribution is 5.77. The summed E-state index contributed by atoms with van der Waals surface area (Å²) in [4.78, 5) is 23.0. The summed E-state index contributed by atoms with van der Waals surface area (Å²) in [5, 5.41) is 16.2. The topological polar surface area (TPSA) is 78.4 Å². The molecule has 2 unspecified atom stereocenters. The van der Waals surface area contributed by atoms with Gasteiger partial charge < -0.3 is 20.5 Å². The number of amides is 1. The van der Waals surface area contributed by atoms with Crippen molar-refractivity contribution in [1.82, 2.24) is 5.32 Å². The van der Waals surface area contributed by atoms with Crippen molar-refractivity contribution in [3.63, 3.8) is 0 Å². The number of nitrogens with one attached hydrogen (secondary N) is 2. The highest BCUT2D eigenvalue weighted by Gasteiger charge is 2.34. The molecule has 23 heavy (non-hydrogen) atoms. The number of hydrogen-bond acceptors (Lipinski definition) is 4. The Hall–Kier alpha value is -2.30. The first kappa shape index (κ1) is 17.1. The molecule has 3 N–H and O–H groups in total. The molecule has 1 amide bonds. The van der Waals surface area contributed by atoms with Gasteiger partial charge in [-0.2, -0.15) is 0 Å². The van der Waals surface area contributed by atoms with Crippen LogP contribution in [0.15, 0.2) is 24.8 Å². The molecule has 1 aromatic rings. The van der Waals surface area contributed by atoms with Crippen LogP contribution in [-0.4, -0.2) is 29.9 Å². The summed E-state index contributed by atoms with van der Waals surface area (Å²) in [5.41, 5.74) is 2.65. The Morgan fingerprint density at radius 3 is 2.91 bits per heavy atom. The van der Waals surface area contributed by atoms with Crippen LogP contribution in [-0.2, 0) is 16.0 Å². The monoisotopic (exact) mass is 316 g/mol. The van der Waals surface area contributed by atoms with Crippen LogP contribution in [0.3, 0.4) is 0 Å². The average Bonchev–Trinajstić information content (AvgIpc) is 2.89. The molecule has 1 aromatic carbocycles. The van der Waals surface area contributed by atoms with Gasteiger partial charge in [0.15, 0.2) is 0 Å². The highest BCUT2D eigenvalue weighted by atomic mass is 16.3. The molecule has 0 fully saturated rings. The van der Waals surface area contributed by atoms with Crippen molar-refractivity contribution in [3.05, 3.63) is 35.9 Å². The van der Waals surface area contributed by atoms with Crippen LogP contribution in [0.25, 0.3) is 0 Å². The summed E-state index contributed by atoms with van der Waals surface area (Å²) >= 11 is 0. The van der Waals surface area contributed by atoms with E-state index in [0.717, 1.165) is 29.5 Å². The molecule has 0 saturated carbocycles. The van der Waals surface area contributed by atoms with Gasteiger partial charge in [-0.3, -0.25) is 4.79 Å². The van der Waals surface area contributed by atoms with Gasteiger partial charge in [-0.15, -0.1) is 6.58 Å². The minimum atomic E-state index is -0.335. The Labute approximate surface area is 136 Å². The van der Waals surface area contributed by atoms with Crippen LogP contribution < -0.4 is 10.6 Å². The number of benzene rings is 1. The molecule has 5 heteroatoms. The van der Waals surface area contributed by atoms with E-state index in [9.17, 15) is 14.7 Å². The van der Waals surface area contributed by atoms with Crippen molar-refractivity contribution < 1.29 is 14.7 Å². The lowest BCUT2D eigenvalue weighted by Crippen LogP contribution is -2.29. The first-order valence-electron chi connectivity index (χ1n) is 8.06. The van der Waals surface area contributed by atoms with E-state index >= 15 is 0 Å². The van der Waals surface area contributed by atoms with Gasteiger partial charge in [0.1, 0.15) is 12.0 Å². The van der Waals surface area contributed by atoms with Crippen LogP contribution in [0, 0.1) is 0 Å². The molecular formula is C18H24N2O3. The van der Waals surface area contributed by atoms with Crippen molar-refractivity contribution in [1.29, 1.82) is 0 Å². The van der Waals surface area contributed by atoms with Crippen LogP contribution in [0.2, 0.25) is 0 Å². The first-order chi connectivity index (χ1) is 11.1. The van der Waals surface area contributed by atoms with E-state index in [0.29, 0.717) is 25.8 Å². The number of phenols is 1. The maximum absolute atomic E-state index is 11.6. The number of aromatic hydroxyl groups is 1. The van der Waals surface area contributed by atoms with Crippen LogP contribution >= 0.6 is 0 Å².